The normalized spacial score (nSPS) is 18.8. The number of nitrogens with zero attached hydrogens (tertiary/aromatic N) is 4. The fraction of sp³-hybridized carbons (Fsp3) is 0.556. The molecule has 4 heteroatoms. The number of hydrogen-bond acceptors (Lipinski definition) is 3. The molecule has 0 radical (unpaired) electrons. The van der Waals surface area contributed by atoms with Gasteiger partial charge in [0.05, 0.1) is 11.9 Å². The monoisotopic (exact) mass is 178 g/mol. The fourth-order valence-corrected chi connectivity index (χ4v) is 1.66. The average Bonchev–Trinajstić information content (AvgIpc) is 2.51. The molecule has 0 amide bonds. The van der Waals surface area contributed by atoms with Gasteiger partial charge < -0.3 is 4.90 Å². The summed E-state index contributed by atoms with van der Waals surface area (Å²) in [4.78, 5) is 2.31. The van der Waals surface area contributed by atoms with Gasteiger partial charge in [-0.1, -0.05) is 11.3 Å². The topological polar surface area (TPSA) is 34.0 Å². The highest BCUT2D eigenvalue weighted by molar-refractivity contribution is 5.64. The molecule has 1 aliphatic heterocycles. The molecular weight excluding hydrogens is 164 g/mol. The smallest absolute Gasteiger partial charge is 0.0851 e. The van der Waals surface area contributed by atoms with Crippen LogP contribution in [-0.2, 0) is 7.05 Å². The van der Waals surface area contributed by atoms with E-state index >= 15 is 0 Å². The van der Waals surface area contributed by atoms with Gasteiger partial charge in [0.25, 0.3) is 0 Å². The quantitative estimate of drug-likeness (QED) is 0.629. The minimum Gasteiger partial charge on any atom is -0.302 e. The summed E-state index contributed by atoms with van der Waals surface area (Å²) in [5, 5.41) is 7.80. The Bertz CT molecular complexity index is 326. The van der Waals surface area contributed by atoms with E-state index in [0.29, 0.717) is 0 Å². The third kappa shape index (κ3) is 1.62. The molecule has 0 bridgehead atoms. The highest BCUT2D eigenvalue weighted by atomic mass is 15.4. The Kier molecular flexibility index (Phi) is 2.14. The molecule has 2 rings (SSSR count). The number of likely N-dealkylation sites (N-methyl/N-ethyl adjacent to an activating group) is 1. The molecule has 70 valence electrons. The molecule has 0 spiro atoms. The van der Waals surface area contributed by atoms with Gasteiger partial charge in [-0.05, 0) is 19.0 Å². The van der Waals surface area contributed by atoms with E-state index in [-0.39, 0.29) is 0 Å². The Morgan fingerprint density at radius 3 is 2.85 bits per heavy atom. The Morgan fingerprint density at radius 1 is 1.38 bits per heavy atom. The number of rotatable bonds is 1. The van der Waals surface area contributed by atoms with Crippen LogP contribution < -0.4 is 0 Å². The van der Waals surface area contributed by atoms with Crippen LogP contribution in [0.2, 0.25) is 0 Å². The summed E-state index contributed by atoms with van der Waals surface area (Å²) in [5.74, 6) is 0. The van der Waals surface area contributed by atoms with E-state index in [1.54, 1.807) is 0 Å². The maximum absolute atomic E-state index is 3.92. The minimum absolute atomic E-state index is 1.00. The van der Waals surface area contributed by atoms with E-state index in [9.17, 15) is 0 Å². The van der Waals surface area contributed by atoms with Crippen LogP contribution >= 0.6 is 0 Å². The number of aromatic nitrogens is 3. The lowest BCUT2D eigenvalue weighted by atomic mass is 10.1. The van der Waals surface area contributed by atoms with Gasteiger partial charge in [-0.3, -0.25) is 0 Å². The van der Waals surface area contributed by atoms with E-state index in [0.717, 1.165) is 25.2 Å². The predicted octanol–water partition coefficient (Wildman–Crippen LogP) is 0.534. The van der Waals surface area contributed by atoms with E-state index in [4.69, 9.17) is 0 Å². The van der Waals surface area contributed by atoms with Gasteiger partial charge >= 0.3 is 0 Å². The molecular formula is C9H14N4. The van der Waals surface area contributed by atoms with Crippen LogP contribution in [-0.4, -0.2) is 40.0 Å². The van der Waals surface area contributed by atoms with Crippen molar-refractivity contribution in [3.63, 3.8) is 0 Å². The van der Waals surface area contributed by atoms with Crippen LogP contribution in [0, 0.1) is 0 Å². The van der Waals surface area contributed by atoms with Crippen molar-refractivity contribution in [1.29, 1.82) is 0 Å². The first kappa shape index (κ1) is 8.44. The van der Waals surface area contributed by atoms with E-state index < -0.39 is 0 Å². The van der Waals surface area contributed by atoms with Crippen LogP contribution in [0.1, 0.15) is 12.1 Å². The summed E-state index contributed by atoms with van der Waals surface area (Å²) in [6.07, 6.45) is 5.22. The van der Waals surface area contributed by atoms with Crippen LogP contribution in [0.5, 0.6) is 0 Å². The van der Waals surface area contributed by atoms with Gasteiger partial charge in [-0.2, -0.15) is 0 Å². The lowest BCUT2D eigenvalue weighted by Crippen LogP contribution is -2.25. The maximum atomic E-state index is 3.92. The van der Waals surface area contributed by atoms with Gasteiger partial charge in [-0.25, -0.2) is 4.68 Å². The maximum Gasteiger partial charge on any atom is 0.0851 e. The molecule has 0 atom stereocenters. The van der Waals surface area contributed by atoms with E-state index in [1.807, 2.05) is 17.9 Å². The Hall–Kier alpha value is -1.16. The highest BCUT2D eigenvalue weighted by Crippen LogP contribution is 2.17. The largest absolute Gasteiger partial charge is 0.302 e. The molecule has 4 nitrogen and oxygen atoms in total. The van der Waals surface area contributed by atoms with Crippen molar-refractivity contribution in [3.8, 4) is 0 Å². The summed E-state index contributed by atoms with van der Waals surface area (Å²) in [7, 11) is 4.06. The summed E-state index contributed by atoms with van der Waals surface area (Å²) in [6.45, 7) is 2.15. The molecule has 0 unspecified atom stereocenters. The van der Waals surface area contributed by atoms with Crippen molar-refractivity contribution in [2.75, 3.05) is 20.1 Å². The first-order valence-corrected chi connectivity index (χ1v) is 4.50. The van der Waals surface area contributed by atoms with E-state index in [1.165, 1.54) is 5.57 Å². The molecule has 1 aromatic heterocycles. The summed E-state index contributed by atoms with van der Waals surface area (Å²) in [6, 6.07) is 0. The molecule has 0 aliphatic carbocycles. The van der Waals surface area contributed by atoms with Crippen LogP contribution in [0.15, 0.2) is 12.3 Å². The first-order valence-electron chi connectivity index (χ1n) is 4.50. The third-order valence-corrected chi connectivity index (χ3v) is 2.39. The lowest BCUT2D eigenvalue weighted by molar-refractivity contribution is 0.372. The Labute approximate surface area is 77.8 Å². The SMILES string of the molecule is CN1CCC=C(c2cnnn2C)C1. The second kappa shape index (κ2) is 3.30. The average molecular weight is 178 g/mol. The van der Waals surface area contributed by atoms with E-state index in [2.05, 4.69) is 28.3 Å². The van der Waals surface area contributed by atoms with Crippen molar-refractivity contribution >= 4 is 5.57 Å². The lowest BCUT2D eigenvalue weighted by Gasteiger charge is -2.22. The standard InChI is InChI=1S/C9H14N4/c1-12-5-3-4-8(7-12)9-6-10-11-13(9)2/h4,6H,3,5,7H2,1-2H3. The minimum atomic E-state index is 1.00. The van der Waals surface area contributed by atoms with Crippen molar-refractivity contribution in [2.24, 2.45) is 7.05 Å². The van der Waals surface area contributed by atoms with Gasteiger partial charge in [0.15, 0.2) is 0 Å². The molecule has 1 aliphatic rings. The second-order valence-corrected chi connectivity index (χ2v) is 3.50. The summed E-state index contributed by atoms with van der Waals surface area (Å²) < 4.78 is 1.82. The van der Waals surface area contributed by atoms with Gasteiger partial charge in [0.2, 0.25) is 0 Å². The third-order valence-electron chi connectivity index (χ3n) is 2.39. The Morgan fingerprint density at radius 2 is 2.23 bits per heavy atom. The van der Waals surface area contributed by atoms with Crippen molar-refractivity contribution < 1.29 is 0 Å². The van der Waals surface area contributed by atoms with Crippen molar-refractivity contribution in [2.45, 2.75) is 6.42 Å². The number of hydrogen-bond donors (Lipinski definition) is 0. The summed E-state index contributed by atoms with van der Waals surface area (Å²) in [5.41, 5.74) is 2.47. The molecule has 13 heavy (non-hydrogen) atoms. The molecule has 0 aromatic carbocycles. The van der Waals surface area contributed by atoms with Gasteiger partial charge in [0, 0.05) is 20.1 Å². The second-order valence-electron chi connectivity index (χ2n) is 3.50. The summed E-state index contributed by atoms with van der Waals surface area (Å²) >= 11 is 0. The zero-order valence-corrected chi connectivity index (χ0v) is 8.06. The molecule has 2 heterocycles. The van der Waals surface area contributed by atoms with Crippen LogP contribution in [0.4, 0.5) is 0 Å². The van der Waals surface area contributed by atoms with Crippen LogP contribution in [0.25, 0.3) is 5.57 Å². The molecule has 1 aromatic rings. The zero-order valence-electron chi connectivity index (χ0n) is 8.06. The predicted molar refractivity (Wildman–Crippen MR) is 51.1 cm³/mol. The zero-order chi connectivity index (χ0) is 9.26. The number of aryl methyl sites for hydroxylation is 1. The van der Waals surface area contributed by atoms with Gasteiger partial charge in [0.1, 0.15) is 0 Å². The van der Waals surface area contributed by atoms with Crippen molar-refractivity contribution in [3.05, 3.63) is 18.0 Å². The fourth-order valence-electron chi connectivity index (χ4n) is 1.66. The molecule has 0 saturated carbocycles. The molecule has 0 saturated heterocycles. The highest BCUT2D eigenvalue weighted by Gasteiger charge is 2.12. The van der Waals surface area contributed by atoms with Crippen LogP contribution in [0.3, 0.4) is 0 Å². The molecule has 0 fully saturated rings. The van der Waals surface area contributed by atoms with Gasteiger partial charge in [-0.15, -0.1) is 5.10 Å². The van der Waals surface area contributed by atoms with Crippen molar-refractivity contribution in [1.82, 2.24) is 19.9 Å². The first-order chi connectivity index (χ1) is 6.27. The Balaban J connectivity index is 2.26. The molecule has 0 N–H and O–H groups in total.